The fourth-order valence-corrected chi connectivity index (χ4v) is 5.85. The third-order valence-electron chi connectivity index (χ3n) is 8.65. The molecule has 0 aromatic heterocycles. The molecule has 6 N–H and O–H groups in total. The number of amides is 5. The van der Waals surface area contributed by atoms with Crippen LogP contribution in [0.15, 0.2) is 35.6 Å². The highest BCUT2D eigenvalue weighted by atomic mass is 16.5. The number of aliphatic carboxylic acids is 1. The molecule has 5 amide bonds. The van der Waals surface area contributed by atoms with Gasteiger partial charge in [-0.2, -0.15) is 0 Å². The van der Waals surface area contributed by atoms with Crippen LogP contribution in [0.25, 0.3) is 0 Å². The van der Waals surface area contributed by atoms with E-state index in [1.807, 2.05) is 13.8 Å². The number of ether oxygens (including phenoxy) is 1. The van der Waals surface area contributed by atoms with Gasteiger partial charge < -0.3 is 36.4 Å². The van der Waals surface area contributed by atoms with Gasteiger partial charge in [-0.15, -0.1) is 0 Å². The van der Waals surface area contributed by atoms with Crippen molar-refractivity contribution in [1.82, 2.24) is 26.6 Å². The minimum absolute atomic E-state index is 0.112. The molecule has 3 rings (SSSR count). The van der Waals surface area contributed by atoms with Gasteiger partial charge in [0.25, 0.3) is 5.91 Å². The molecule has 0 heterocycles. The molecule has 0 aromatic carbocycles. The Labute approximate surface area is 287 Å². The van der Waals surface area contributed by atoms with Crippen LogP contribution < -0.4 is 26.6 Å². The first-order chi connectivity index (χ1) is 23.4. The van der Waals surface area contributed by atoms with E-state index in [2.05, 4.69) is 26.6 Å². The summed E-state index contributed by atoms with van der Waals surface area (Å²) in [5, 5.41) is 22.2. The van der Waals surface area contributed by atoms with Gasteiger partial charge in [-0.25, -0.2) is 9.59 Å². The zero-order chi connectivity index (χ0) is 35.9. The van der Waals surface area contributed by atoms with Crippen LogP contribution in [0, 0.1) is 17.8 Å². The number of hydrogen-bond acceptors (Lipinski definition) is 8. The van der Waals surface area contributed by atoms with E-state index in [-0.39, 0.29) is 36.5 Å². The summed E-state index contributed by atoms with van der Waals surface area (Å²) in [5.41, 5.74) is 0.0376. The number of allylic oxidation sites excluding steroid dienone is 5. The van der Waals surface area contributed by atoms with E-state index in [0.717, 1.165) is 44.9 Å². The molecule has 49 heavy (non-hydrogen) atoms. The number of alkyl carbamates (subject to hydrolysis) is 1. The molecule has 0 aliphatic heterocycles. The lowest BCUT2D eigenvalue weighted by Gasteiger charge is -2.31. The predicted molar refractivity (Wildman–Crippen MR) is 180 cm³/mol. The van der Waals surface area contributed by atoms with E-state index in [9.17, 15) is 38.7 Å². The standard InChI is InChI=1S/C35H51N5O9/c1-4-11-25(30(42)33(45)36-19-27(41)39-29(34(46)47)24-14-9-6-10-15-24)37-31(43)26(18-22-16-17-22)38-32(44)28(23-12-7-5-8-13-23)40-35(48)49-20-21(2)3/h6,9-10,14,21-23,25-26,28H,4-5,7-8,11-13,15-20H2,1-3H3,(H,36,45)(H,37,43)(H,38,44)(H,39,41)(H,40,48)(H,46,47)/t25?,26-,28-/m0/s1. The summed E-state index contributed by atoms with van der Waals surface area (Å²) in [6.45, 7) is 5.10. The van der Waals surface area contributed by atoms with Crippen molar-refractivity contribution < 1.29 is 43.4 Å². The van der Waals surface area contributed by atoms with Gasteiger partial charge in [-0.1, -0.05) is 83.6 Å². The topological polar surface area (TPSA) is 209 Å². The molecule has 1 unspecified atom stereocenters. The number of rotatable bonds is 18. The van der Waals surface area contributed by atoms with Gasteiger partial charge in [0.15, 0.2) is 0 Å². The van der Waals surface area contributed by atoms with Crippen molar-refractivity contribution in [3.05, 3.63) is 35.6 Å². The molecule has 14 nitrogen and oxygen atoms in total. The monoisotopic (exact) mass is 685 g/mol. The molecular weight excluding hydrogens is 634 g/mol. The second-order valence-electron chi connectivity index (χ2n) is 13.4. The number of carboxylic acids is 1. The maximum Gasteiger partial charge on any atom is 0.407 e. The first-order valence-electron chi connectivity index (χ1n) is 17.3. The molecule has 0 bridgehead atoms. The Balaban J connectivity index is 1.64. The summed E-state index contributed by atoms with van der Waals surface area (Å²) < 4.78 is 5.28. The maximum absolute atomic E-state index is 13.7. The predicted octanol–water partition coefficient (Wildman–Crippen LogP) is 2.54. The van der Waals surface area contributed by atoms with Crippen molar-refractivity contribution in [2.24, 2.45) is 17.8 Å². The Morgan fingerprint density at radius 2 is 1.59 bits per heavy atom. The fourth-order valence-electron chi connectivity index (χ4n) is 5.85. The number of nitrogens with one attached hydrogen (secondary N) is 5. The Morgan fingerprint density at radius 3 is 2.18 bits per heavy atom. The Hall–Kier alpha value is -4.49. The van der Waals surface area contributed by atoms with Crippen LogP contribution in [-0.4, -0.2) is 77.9 Å². The molecule has 0 spiro atoms. The van der Waals surface area contributed by atoms with Crippen molar-refractivity contribution >= 4 is 41.5 Å². The molecule has 3 aliphatic rings. The first kappa shape index (κ1) is 39.0. The number of hydrogen-bond donors (Lipinski definition) is 6. The average Bonchev–Trinajstić information content (AvgIpc) is 3.91. The van der Waals surface area contributed by atoms with Crippen molar-refractivity contribution in [2.75, 3.05) is 13.2 Å². The molecule has 2 saturated carbocycles. The number of carbonyl (C=O) groups excluding carboxylic acids is 6. The minimum atomic E-state index is -1.35. The Morgan fingerprint density at radius 1 is 0.898 bits per heavy atom. The van der Waals surface area contributed by atoms with Gasteiger partial charge >= 0.3 is 12.1 Å². The average molecular weight is 686 g/mol. The molecule has 270 valence electrons. The Bertz CT molecular complexity index is 1330. The number of ketones is 1. The van der Waals surface area contributed by atoms with Crippen LogP contribution in [-0.2, 0) is 33.5 Å². The molecule has 14 heteroatoms. The highest BCUT2D eigenvalue weighted by Crippen LogP contribution is 2.34. The van der Waals surface area contributed by atoms with Crippen LogP contribution >= 0.6 is 0 Å². The van der Waals surface area contributed by atoms with E-state index in [1.165, 1.54) is 0 Å². The summed E-state index contributed by atoms with van der Waals surface area (Å²) in [7, 11) is 0. The second kappa shape index (κ2) is 19.5. The summed E-state index contributed by atoms with van der Waals surface area (Å²) >= 11 is 0. The normalized spacial score (nSPS) is 18.8. The highest BCUT2D eigenvalue weighted by molar-refractivity contribution is 6.38. The largest absolute Gasteiger partial charge is 0.477 e. The van der Waals surface area contributed by atoms with E-state index in [4.69, 9.17) is 4.74 Å². The molecule has 0 saturated heterocycles. The maximum atomic E-state index is 13.7. The minimum Gasteiger partial charge on any atom is -0.477 e. The SMILES string of the molecule is CCCC(NC(=O)[C@H](CC1CC1)NC(=O)[C@@H](NC(=O)OCC(C)C)C1CCCCC1)C(=O)C(=O)NCC(=O)NC(C(=O)O)=C1C=CC=CC1. The van der Waals surface area contributed by atoms with Crippen molar-refractivity contribution in [1.29, 1.82) is 0 Å². The van der Waals surface area contributed by atoms with Gasteiger partial charge in [0.2, 0.25) is 23.5 Å². The third-order valence-corrected chi connectivity index (χ3v) is 8.65. The molecule has 0 radical (unpaired) electrons. The van der Waals surface area contributed by atoms with Crippen LogP contribution in [0.2, 0.25) is 0 Å². The van der Waals surface area contributed by atoms with Gasteiger partial charge in [0.05, 0.1) is 19.2 Å². The molecule has 2 fully saturated rings. The molecular formula is C35H51N5O9. The highest BCUT2D eigenvalue weighted by Gasteiger charge is 2.37. The summed E-state index contributed by atoms with van der Waals surface area (Å²) in [4.78, 5) is 90.0. The van der Waals surface area contributed by atoms with E-state index >= 15 is 0 Å². The van der Waals surface area contributed by atoms with Gasteiger partial charge in [0.1, 0.15) is 17.8 Å². The molecule has 0 aromatic rings. The van der Waals surface area contributed by atoms with Crippen LogP contribution in [0.1, 0.15) is 91.4 Å². The van der Waals surface area contributed by atoms with Crippen LogP contribution in [0.4, 0.5) is 4.79 Å². The lowest BCUT2D eigenvalue weighted by Crippen LogP contribution is -2.58. The third kappa shape index (κ3) is 13.1. The van der Waals surface area contributed by atoms with E-state index in [0.29, 0.717) is 24.8 Å². The number of carbonyl (C=O) groups is 7. The quantitative estimate of drug-likeness (QED) is 0.0924. The Kier molecular flexibility index (Phi) is 15.5. The van der Waals surface area contributed by atoms with E-state index in [1.54, 1.807) is 31.2 Å². The lowest BCUT2D eigenvalue weighted by atomic mass is 9.83. The van der Waals surface area contributed by atoms with Crippen molar-refractivity contribution in [3.63, 3.8) is 0 Å². The van der Waals surface area contributed by atoms with Crippen molar-refractivity contribution in [2.45, 2.75) is 110 Å². The summed E-state index contributed by atoms with van der Waals surface area (Å²) in [6.07, 6.45) is 13.3. The zero-order valence-electron chi connectivity index (χ0n) is 28.7. The first-order valence-corrected chi connectivity index (χ1v) is 17.3. The van der Waals surface area contributed by atoms with Crippen molar-refractivity contribution in [3.8, 4) is 0 Å². The van der Waals surface area contributed by atoms with Gasteiger partial charge in [-0.05, 0) is 55.4 Å². The number of Topliss-reactive ketones (excluding diaryl/α,β-unsaturated/α-hetero) is 1. The van der Waals surface area contributed by atoms with Crippen LogP contribution in [0.3, 0.4) is 0 Å². The fraction of sp³-hybridized carbons (Fsp3) is 0.629. The zero-order valence-corrected chi connectivity index (χ0v) is 28.7. The van der Waals surface area contributed by atoms with Gasteiger partial charge in [0, 0.05) is 0 Å². The molecule has 3 atom stereocenters. The van der Waals surface area contributed by atoms with Crippen LogP contribution in [0.5, 0.6) is 0 Å². The van der Waals surface area contributed by atoms with Gasteiger partial charge in [-0.3, -0.25) is 24.0 Å². The lowest BCUT2D eigenvalue weighted by molar-refractivity contribution is -0.141. The van der Waals surface area contributed by atoms with E-state index < -0.39 is 66.1 Å². The molecule has 3 aliphatic carbocycles. The number of carboxylic acid groups (broad SMARTS) is 1. The smallest absolute Gasteiger partial charge is 0.407 e. The second-order valence-corrected chi connectivity index (χ2v) is 13.4. The summed E-state index contributed by atoms with van der Waals surface area (Å²) in [5.74, 6) is -5.24. The summed E-state index contributed by atoms with van der Waals surface area (Å²) in [6, 6.07) is -3.14.